The molecule has 6 aliphatic rings. The molecule has 10 aromatic carbocycles. The summed E-state index contributed by atoms with van der Waals surface area (Å²) in [5.41, 5.74) is 64.9. The highest BCUT2D eigenvalue weighted by atomic mass is 16.6. The number of aromatic amines is 5. The van der Waals surface area contributed by atoms with Gasteiger partial charge in [-0.1, -0.05) is 120 Å². The van der Waals surface area contributed by atoms with Crippen LogP contribution in [0.15, 0.2) is 233 Å². The molecular weight excluding hydrogens is 1850 g/mol. The number of H-pyrrole nitrogens is 5. The number of pyridine rings is 5. The van der Waals surface area contributed by atoms with Crippen LogP contribution in [-0.2, 0) is 83.5 Å². The van der Waals surface area contributed by atoms with Gasteiger partial charge in [0.1, 0.15) is 19.6 Å². The number of aliphatic imine (C=N–C) groups is 1. The Labute approximate surface area is 851 Å². The Hall–Kier alpha value is -17.7. The summed E-state index contributed by atoms with van der Waals surface area (Å²) >= 11 is 0. The number of hydroxylamine groups is 1. The van der Waals surface area contributed by atoms with Crippen LogP contribution in [0.2, 0.25) is 0 Å². The second-order valence-corrected chi connectivity index (χ2v) is 38.5. The number of nitrogens with zero attached hydrogens (tertiary/aromatic N) is 17. The van der Waals surface area contributed by atoms with E-state index in [-0.39, 0.29) is 17.6 Å². The molecule has 32 heteroatoms. The number of nitriles is 1. The third-order valence-corrected chi connectivity index (χ3v) is 29.3. The van der Waals surface area contributed by atoms with Crippen molar-refractivity contribution < 1.29 is 24.1 Å². The standard InChI is InChI=1S/C27H28N6O2.C23H24N6.C22H18N6.C22H21N5O.C22H20N4O2/c28-27(32-35-15-14-33-13-3-6-24(33)34)18-9-7-17(8-10-18)26-20-5-2-1-4-19(20)25-21-16-29-31-22(21)11-12-23(25)30-26;1-29(2)28-23(24)15-9-7-14(8-10-15)22-17-6-4-3-5-16(17)21-18-13-25-27-19(18)11-12-20(21)26-22;23-12-25-22(24)14-7-5-13(6-8-14)21-16-4-2-1-3-15(16)20-17-11-26-28-18(17)9-10-19(20)27-21;1-28-27-22(23)14-8-6-13(7-9-14)21-16-5-3-2-4-15(16)20-17-12-24-26-18(17)10-11-19(20)25-21;1-28-26-22(27)14-8-6-13(7-9-14)21-16-5-3-2-4-15(16)20-17-12-23-25-18(17)10-11-19(20)24-21/h7-12,16H,1-6,13-15H2,(H2,28,32)(H,29,31);7-13H,3-6H2,1-2H3,(H2,24,28)(H,25,27);5-11H,1-4H2,(H2,24,25)(H,26,28);6-12H,2-5H2,1H3,(H2,23,27)(H,24,26);6-12H,2-5H2,1H3,(H,23,25)(H,26,27). The molecule has 740 valence electrons. The number of amides is 2. The lowest BCUT2D eigenvalue weighted by Gasteiger charge is -2.22. The number of carbonyl (C=O) groups excluding carboxylic acids is 2. The van der Waals surface area contributed by atoms with E-state index in [0.29, 0.717) is 42.6 Å². The number of fused-ring (bicyclic) bond motifs is 25. The van der Waals surface area contributed by atoms with Crippen LogP contribution in [0.25, 0.3) is 165 Å². The molecule has 0 saturated carbocycles. The van der Waals surface area contributed by atoms with Crippen molar-refractivity contribution >= 4 is 144 Å². The van der Waals surface area contributed by atoms with Crippen LogP contribution in [0.1, 0.15) is 165 Å². The van der Waals surface area contributed by atoms with Crippen molar-refractivity contribution in [3.63, 3.8) is 0 Å². The number of nitrogens with one attached hydrogen (secondary N) is 6. The third-order valence-electron chi connectivity index (χ3n) is 29.3. The smallest absolute Gasteiger partial charge is 0.274 e. The predicted molar refractivity (Wildman–Crippen MR) is 583 cm³/mol. The number of benzene rings is 10. The molecule has 0 radical (unpaired) electrons. The highest BCUT2D eigenvalue weighted by Crippen LogP contribution is 2.46. The minimum absolute atomic E-state index is 0.180. The Morgan fingerprint density at radius 1 is 0.365 bits per heavy atom. The number of rotatable bonds is 17. The normalized spacial score (nSPS) is 14.6. The summed E-state index contributed by atoms with van der Waals surface area (Å²) in [6.07, 6.45) is 35.3. The topological polar surface area (TPSA) is 466 Å². The maximum absolute atomic E-state index is 11.9. The first-order valence-electron chi connectivity index (χ1n) is 50.7. The summed E-state index contributed by atoms with van der Waals surface area (Å²) in [5, 5.41) is 71.1. The number of aryl methyl sites for hydroxylation is 5. The Morgan fingerprint density at radius 2 is 0.642 bits per heavy atom. The fourth-order valence-electron chi connectivity index (χ4n) is 22.4. The zero-order valence-electron chi connectivity index (χ0n) is 82.8. The minimum Gasteiger partial charge on any atom is -0.397 e. The van der Waals surface area contributed by atoms with Crippen LogP contribution in [0.5, 0.6) is 0 Å². The Morgan fingerprint density at radius 3 is 0.912 bits per heavy atom. The van der Waals surface area contributed by atoms with Gasteiger partial charge in [0.05, 0.1) is 128 Å². The molecule has 14 N–H and O–H groups in total. The molecule has 0 unspecified atom stereocenters. The number of oxime groups is 2. The lowest BCUT2D eigenvalue weighted by molar-refractivity contribution is -0.128. The summed E-state index contributed by atoms with van der Waals surface area (Å²) in [4.78, 5) is 69.2. The molecule has 0 atom stereocenters. The molecule has 148 heavy (non-hydrogen) atoms. The van der Waals surface area contributed by atoms with Crippen molar-refractivity contribution in [1.29, 1.82) is 5.26 Å². The Kier molecular flexibility index (Phi) is 26.9. The highest BCUT2D eigenvalue weighted by Gasteiger charge is 2.30. The molecule has 0 spiro atoms. The lowest BCUT2D eigenvalue weighted by atomic mass is 9.85. The average Bonchev–Trinajstić information content (AvgIpc) is 1.37. The monoisotopic (exact) mass is 1960 g/mol. The van der Waals surface area contributed by atoms with Gasteiger partial charge in [-0.25, -0.2) is 30.4 Å². The Bertz CT molecular complexity index is 8690. The molecule has 5 aliphatic carbocycles. The van der Waals surface area contributed by atoms with E-state index < -0.39 is 0 Å². The molecule has 2 amide bonds. The van der Waals surface area contributed by atoms with Gasteiger partial charge in [-0.2, -0.15) is 40.8 Å². The van der Waals surface area contributed by atoms with Crippen molar-refractivity contribution in [3.8, 4) is 62.5 Å². The molecule has 1 aliphatic heterocycles. The first-order chi connectivity index (χ1) is 72.6. The van der Waals surface area contributed by atoms with E-state index in [0.717, 1.165) is 232 Å². The summed E-state index contributed by atoms with van der Waals surface area (Å²) in [6, 6.07) is 60.4. The summed E-state index contributed by atoms with van der Waals surface area (Å²) in [6.45, 7) is 1.67. The summed E-state index contributed by atoms with van der Waals surface area (Å²) in [7, 11) is 6.64. The number of hydrogen-bond donors (Lipinski definition) is 10. The van der Waals surface area contributed by atoms with Crippen LogP contribution in [-0.4, -0.2) is 169 Å². The molecule has 1 saturated heterocycles. The zero-order valence-corrected chi connectivity index (χ0v) is 82.8. The van der Waals surface area contributed by atoms with Gasteiger partial charge in [0.15, 0.2) is 17.5 Å². The quantitative estimate of drug-likeness (QED) is 0.0133. The van der Waals surface area contributed by atoms with Crippen LogP contribution in [0.3, 0.4) is 0 Å². The zero-order chi connectivity index (χ0) is 101. The van der Waals surface area contributed by atoms with E-state index in [2.05, 4.69) is 162 Å². The van der Waals surface area contributed by atoms with E-state index in [4.69, 9.17) is 67.6 Å². The SMILES string of the molecule is CN(C)N=C(N)c1ccc(-c2nc3ccc4[nH]ncc4c3c3c2CCCC3)cc1.CON=C(N)c1ccc(-c2nc3ccc4[nH]ncc4c3c3c2CCCC3)cc1.CONC(=O)c1ccc(-c2nc3ccc4[nH]ncc4c3c3c2CCCC3)cc1.N#CN=C(N)c1ccc(-c2nc3ccc4[nH]ncc4c3c3c2CCCC3)cc1.NC(=NOCCN1CCCC1=O)c1ccc(-c2nc3ccc4[nH]ncc4c3c3c2CCCC3)cc1. The molecule has 26 rings (SSSR count). The van der Waals surface area contributed by atoms with Gasteiger partial charge in [-0.15, -0.1) is 0 Å². The Balaban J connectivity index is 0.000000105. The maximum atomic E-state index is 11.9. The number of aromatic nitrogens is 15. The summed E-state index contributed by atoms with van der Waals surface area (Å²) in [5.74, 6) is 1.34. The fourth-order valence-corrected chi connectivity index (χ4v) is 22.4. The van der Waals surface area contributed by atoms with Gasteiger partial charge >= 0.3 is 0 Å². The van der Waals surface area contributed by atoms with Gasteiger partial charge in [0, 0.05) is 137 Å². The van der Waals surface area contributed by atoms with E-state index in [9.17, 15) is 9.59 Å². The van der Waals surface area contributed by atoms with Crippen LogP contribution < -0.4 is 28.4 Å². The lowest BCUT2D eigenvalue weighted by Crippen LogP contribution is -2.28. The van der Waals surface area contributed by atoms with E-state index in [1.807, 2.05) is 142 Å². The van der Waals surface area contributed by atoms with Gasteiger partial charge in [0.25, 0.3) is 5.91 Å². The number of amidine groups is 4. The van der Waals surface area contributed by atoms with Crippen LogP contribution in [0, 0.1) is 11.5 Å². The molecule has 10 aromatic heterocycles. The molecule has 0 bridgehead atoms. The van der Waals surface area contributed by atoms with Crippen molar-refractivity contribution in [2.75, 3.05) is 48.0 Å². The highest BCUT2D eigenvalue weighted by molar-refractivity contribution is 6.13. The number of nitrogens with two attached hydrogens (primary N) is 4. The van der Waals surface area contributed by atoms with Crippen LogP contribution in [0.4, 0.5) is 0 Å². The van der Waals surface area contributed by atoms with Crippen molar-refractivity contribution in [1.82, 2.24) is 91.3 Å². The molecular formula is C116H111N27O5. The van der Waals surface area contributed by atoms with Gasteiger partial charge in [-0.05, 0) is 263 Å². The number of carbonyl (C=O) groups is 2. The largest absolute Gasteiger partial charge is 0.397 e. The van der Waals surface area contributed by atoms with E-state index in [1.165, 1.54) is 166 Å². The number of hydrogen-bond acceptors (Lipinski definition) is 21. The average molecular weight is 1960 g/mol. The van der Waals surface area contributed by atoms with Crippen molar-refractivity contribution in [2.45, 2.75) is 141 Å². The minimum atomic E-state index is -0.259. The van der Waals surface area contributed by atoms with Crippen LogP contribution >= 0.6 is 0 Å². The molecule has 32 nitrogen and oxygen atoms in total. The van der Waals surface area contributed by atoms with E-state index >= 15 is 0 Å². The second kappa shape index (κ2) is 41.9. The number of hydrazone groups is 1. The maximum Gasteiger partial charge on any atom is 0.274 e. The second-order valence-electron chi connectivity index (χ2n) is 38.5. The van der Waals surface area contributed by atoms with Gasteiger partial charge in [-0.3, -0.25) is 39.9 Å². The first-order valence-corrected chi connectivity index (χ1v) is 50.7. The fraction of sp³-hybridized carbons (Fsp3) is 0.250. The predicted octanol–water partition coefficient (Wildman–Crippen LogP) is 19.5. The molecule has 1 fully saturated rings. The summed E-state index contributed by atoms with van der Waals surface area (Å²) < 4.78 is 0. The van der Waals surface area contributed by atoms with Crippen molar-refractivity contribution in [3.05, 3.63) is 296 Å². The first kappa shape index (κ1) is 95.1. The van der Waals surface area contributed by atoms with E-state index in [1.54, 1.807) is 16.1 Å². The number of likely N-dealkylation sites (tertiary alicyclic amines) is 1. The van der Waals surface area contributed by atoms with Gasteiger partial charge in [0.2, 0.25) is 12.1 Å². The third kappa shape index (κ3) is 18.8. The molecule has 11 heterocycles. The van der Waals surface area contributed by atoms with Gasteiger partial charge < -0.3 is 42.5 Å². The molecule has 20 aromatic rings. The van der Waals surface area contributed by atoms with Crippen molar-refractivity contribution in [2.24, 2.45) is 43.3 Å².